The number of rotatable bonds is 3. The lowest BCUT2D eigenvalue weighted by Crippen LogP contribution is -2.16. The van der Waals surface area contributed by atoms with Crippen molar-refractivity contribution in [1.82, 2.24) is 24.7 Å². The van der Waals surface area contributed by atoms with Gasteiger partial charge < -0.3 is 9.88 Å². The highest BCUT2D eigenvalue weighted by atomic mass is 35.5. The minimum atomic E-state index is -0.343. The molecule has 0 radical (unpaired) electrons. The van der Waals surface area contributed by atoms with Crippen molar-refractivity contribution in [2.45, 2.75) is 0 Å². The van der Waals surface area contributed by atoms with Gasteiger partial charge in [-0.15, -0.1) is 0 Å². The number of nitrogens with zero attached hydrogens (tertiary/aromatic N) is 4. The van der Waals surface area contributed by atoms with Crippen LogP contribution in [0, 0.1) is 0 Å². The Morgan fingerprint density at radius 1 is 1.32 bits per heavy atom. The Bertz CT molecular complexity index is 827. The van der Waals surface area contributed by atoms with E-state index in [1.807, 2.05) is 0 Å². The van der Waals surface area contributed by atoms with Crippen molar-refractivity contribution in [2.24, 2.45) is 7.05 Å². The van der Waals surface area contributed by atoms with Crippen LogP contribution in [0.4, 0.5) is 5.69 Å². The summed E-state index contributed by atoms with van der Waals surface area (Å²) in [6.45, 7) is 0. The highest BCUT2D eigenvalue weighted by Crippen LogP contribution is 2.26. The molecule has 0 fully saturated rings. The number of hydrogen-bond donors (Lipinski definition) is 2. The molecule has 0 spiro atoms. The second-order valence-corrected chi connectivity index (χ2v) is 5.28. The molecule has 2 aromatic heterocycles. The third-order valence-electron chi connectivity index (χ3n) is 3.03. The Balaban J connectivity index is 1.87. The van der Waals surface area contributed by atoms with Crippen molar-refractivity contribution in [2.75, 3.05) is 5.32 Å². The molecule has 2 heterocycles. The third-order valence-corrected chi connectivity index (χ3v) is 3.57. The minimum absolute atomic E-state index is 0.343. The maximum absolute atomic E-state index is 12.3. The molecule has 0 bridgehead atoms. The predicted molar refractivity (Wildman–Crippen MR) is 83.0 cm³/mol. The summed E-state index contributed by atoms with van der Waals surface area (Å²) >= 11 is 11.9. The summed E-state index contributed by atoms with van der Waals surface area (Å²) in [7, 11) is 1.71. The van der Waals surface area contributed by atoms with Crippen LogP contribution in [-0.2, 0) is 7.05 Å². The van der Waals surface area contributed by atoms with E-state index >= 15 is 0 Å². The van der Waals surface area contributed by atoms with Gasteiger partial charge >= 0.3 is 0 Å². The second-order valence-electron chi connectivity index (χ2n) is 4.44. The van der Waals surface area contributed by atoms with Gasteiger partial charge in [-0.25, -0.2) is 9.97 Å². The molecule has 9 heteroatoms. The first-order chi connectivity index (χ1) is 10.6. The van der Waals surface area contributed by atoms with Gasteiger partial charge in [-0.2, -0.15) is 5.10 Å². The van der Waals surface area contributed by atoms with E-state index in [-0.39, 0.29) is 5.91 Å². The molecular formula is C13H10Cl2N6O. The van der Waals surface area contributed by atoms with Crippen LogP contribution in [0.5, 0.6) is 0 Å². The number of amides is 1. The molecule has 0 aliphatic heterocycles. The first kappa shape index (κ1) is 14.6. The fourth-order valence-corrected chi connectivity index (χ4v) is 2.39. The van der Waals surface area contributed by atoms with E-state index in [0.29, 0.717) is 33.1 Å². The van der Waals surface area contributed by atoms with Crippen molar-refractivity contribution in [3.05, 3.63) is 46.5 Å². The Morgan fingerprint density at radius 3 is 2.82 bits per heavy atom. The number of hydrogen-bond acceptors (Lipinski definition) is 4. The van der Waals surface area contributed by atoms with Gasteiger partial charge in [0.25, 0.3) is 5.91 Å². The number of aromatic nitrogens is 5. The lowest BCUT2D eigenvalue weighted by Gasteiger charge is -2.08. The normalized spacial score (nSPS) is 10.7. The maximum atomic E-state index is 12.3. The zero-order valence-electron chi connectivity index (χ0n) is 11.3. The fourth-order valence-electron chi connectivity index (χ4n) is 1.93. The van der Waals surface area contributed by atoms with Crippen molar-refractivity contribution < 1.29 is 4.79 Å². The number of nitrogens with one attached hydrogen (secondary N) is 2. The van der Waals surface area contributed by atoms with Gasteiger partial charge in [0, 0.05) is 12.1 Å². The molecule has 0 atom stereocenters. The monoisotopic (exact) mass is 336 g/mol. The zero-order valence-corrected chi connectivity index (χ0v) is 12.9. The number of carbonyl (C=O) groups is 1. The van der Waals surface area contributed by atoms with Gasteiger partial charge in [0.2, 0.25) is 0 Å². The molecule has 0 saturated heterocycles. The summed E-state index contributed by atoms with van der Waals surface area (Å²) < 4.78 is 1.61. The highest BCUT2D eigenvalue weighted by Gasteiger charge is 2.17. The summed E-state index contributed by atoms with van der Waals surface area (Å²) in [5, 5.41) is 10.0. The smallest absolute Gasteiger partial charge is 0.273 e. The Kier molecular flexibility index (Phi) is 3.82. The molecule has 0 aliphatic rings. The molecule has 112 valence electrons. The van der Waals surface area contributed by atoms with Crippen molar-refractivity contribution in [1.29, 1.82) is 0 Å². The van der Waals surface area contributed by atoms with Crippen LogP contribution in [0.2, 0.25) is 10.0 Å². The van der Waals surface area contributed by atoms with E-state index in [2.05, 4.69) is 25.5 Å². The first-order valence-electron chi connectivity index (χ1n) is 6.20. The molecule has 22 heavy (non-hydrogen) atoms. The number of anilines is 1. The maximum Gasteiger partial charge on any atom is 0.273 e. The quantitative estimate of drug-likeness (QED) is 0.769. The zero-order chi connectivity index (χ0) is 15.7. The number of H-pyrrole nitrogens is 1. The second kappa shape index (κ2) is 5.78. The number of carbonyl (C=O) groups excluding carboxylic acids is 1. The molecule has 2 N–H and O–H groups in total. The number of aromatic amines is 1. The summed E-state index contributed by atoms with van der Waals surface area (Å²) in [5.41, 5.74) is 0.830. The van der Waals surface area contributed by atoms with Gasteiger partial charge in [-0.3, -0.25) is 9.89 Å². The average Bonchev–Trinajstić information content (AvgIpc) is 3.11. The van der Waals surface area contributed by atoms with E-state index in [9.17, 15) is 4.79 Å². The van der Waals surface area contributed by atoms with Gasteiger partial charge in [0.1, 0.15) is 12.0 Å². The molecule has 0 saturated carbocycles. The summed E-state index contributed by atoms with van der Waals surface area (Å²) in [4.78, 5) is 20.5. The molecule has 3 rings (SSSR count). The first-order valence-corrected chi connectivity index (χ1v) is 6.95. The van der Waals surface area contributed by atoms with E-state index in [4.69, 9.17) is 23.2 Å². The molecule has 1 amide bonds. The fraction of sp³-hybridized carbons (Fsp3) is 0.0769. The topological polar surface area (TPSA) is 88.5 Å². The van der Waals surface area contributed by atoms with Crippen LogP contribution >= 0.6 is 23.2 Å². The van der Waals surface area contributed by atoms with Crippen LogP contribution in [0.3, 0.4) is 0 Å². The molecule has 7 nitrogen and oxygen atoms in total. The van der Waals surface area contributed by atoms with E-state index in [0.717, 1.165) is 0 Å². The molecular weight excluding hydrogens is 327 g/mol. The van der Waals surface area contributed by atoms with Crippen LogP contribution in [0.15, 0.2) is 30.7 Å². The van der Waals surface area contributed by atoms with Crippen LogP contribution in [0.25, 0.3) is 11.6 Å². The third kappa shape index (κ3) is 2.68. The minimum Gasteiger partial charge on any atom is -0.320 e. The predicted octanol–water partition coefficient (Wildman–Crippen LogP) is 2.76. The largest absolute Gasteiger partial charge is 0.320 e. The molecule has 0 aliphatic carbocycles. The van der Waals surface area contributed by atoms with E-state index in [1.54, 1.807) is 29.8 Å². The summed E-state index contributed by atoms with van der Waals surface area (Å²) in [5.74, 6) is 0.640. The highest BCUT2D eigenvalue weighted by molar-refractivity contribution is 6.36. The number of benzene rings is 1. The van der Waals surface area contributed by atoms with Gasteiger partial charge in [-0.1, -0.05) is 23.2 Å². The van der Waals surface area contributed by atoms with Gasteiger partial charge in [0.05, 0.1) is 16.9 Å². The van der Waals surface area contributed by atoms with Gasteiger partial charge in [-0.05, 0) is 18.2 Å². The van der Waals surface area contributed by atoms with Crippen molar-refractivity contribution in [3.63, 3.8) is 0 Å². The number of imidazole rings is 1. The van der Waals surface area contributed by atoms with Crippen LogP contribution in [0.1, 0.15) is 10.5 Å². The van der Waals surface area contributed by atoms with Crippen molar-refractivity contribution in [3.8, 4) is 11.6 Å². The van der Waals surface area contributed by atoms with Crippen LogP contribution in [-0.4, -0.2) is 30.6 Å². The lowest BCUT2D eigenvalue weighted by atomic mass is 10.3. The SMILES string of the molecule is Cn1c(C(=O)Nc2ccc(Cl)cc2Cl)cnc1-c1ncn[nH]1. The molecule has 1 aromatic carbocycles. The summed E-state index contributed by atoms with van der Waals surface area (Å²) in [6, 6.07) is 4.84. The molecule has 0 unspecified atom stereocenters. The van der Waals surface area contributed by atoms with Crippen molar-refractivity contribution >= 4 is 34.8 Å². The van der Waals surface area contributed by atoms with E-state index in [1.165, 1.54) is 12.5 Å². The van der Waals surface area contributed by atoms with E-state index < -0.39 is 0 Å². The summed E-state index contributed by atoms with van der Waals surface area (Å²) in [6.07, 6.45) is 2.83. The van der Waals surface area contributed by atoms with Crippen LogP contribution < -0.4 is 5.32 Å². The average molecular weight is 337 g/mol. The standard InChI is InChI=1S/C13H10Cl2N6O/c1-21-10(5-16-12(21)11-17-6-18-20-11)13(22)19-9-3-2-7(14)4-8(9)15/h2-6H,1H3,(H,19,22)(H,17,18,20). The van der Waals surface area contributed by atoms with Gasteiger partial charge in [0.15, 0.2) is 11.6 Å². The molecule has 3 aromatic rings. The lowest BCUT2D eigenvalue weighted by molar-refractivity contribution is 0.101. The Labute approximate surface area is 135 Å². The Hall–Kier alpha value is -2.38. The Morgan fingerprint density at radius 2 is 2.14 bits per heavy atom. The number of halogens is 2.